The van der Waals surface area contributed by atoms with Crippen molar-refractivity contribution in [1.29, 1.82) is 0 Å². The first-order valence-electron chi connectivity index (χ1n) is 11.6. The molecule has 4 aromatic rings. The quantitative estimate of drug-likeness (QED) is 0.395. The Hall–Kier alpha value is -3.67. The van der Waals surface area contributed by atoms with E-state index < -0.39 is 5.41 Å². The maximum absolute atomic E-state index is 12.6. The number of hydrogen-bond donors (Lipinski definition) is 1. The van der Waals surface area contributed by atoms with Gasteiger partial charge in [0.2, 0.25) is 11.9 Å². The van der Waals surface area contributed by atoms with Crippen LogP contribution in [0.5, 0.6) is 5.75 Å². The van der Waals surface area contributed by atoms with E-state index in [9.17, 15) is 4.79 Å². The highest BCUT2D eigenvalue weighted by Crippen LogP contribution is 2.27. The molecular formula is C28H32N4O2. The molecule has 176 valence electrons. The largest absolute Gasteiger partial charge is 0.497 e. The van der Waals surface area contributed by atoms with E-state index >= 15 is 0 Å². The van der Waals surface area contributed by atoms with E-state index in [1.54, 1.807) is 7.11 Å². The predicted molar refractivity (Wildman–Crippen MR) is 136 cm³/mol. The fourth-order valence-electron chi connectivity index (χ4n) is 4.00. The second-order valence-electron chi connectivity index (χ2n) is 9.65. The Balaban J connectivity index is 1.72. The monoisotopic (exact) mass is 456 g/mol. The number of methoxy groups -OCH3 is 1. The molecule has 0 aliphatic carbocycles. The first-order chi connectivity index (χ1) is 16.2. The highest BCUT2D eigenvalue weighted by molar-refractivity contribution is 5.94. The molecule has 34 heavy (non-hydrogen) atoms. The van der Waals surface area contributed by atoms with Crippen LogP contribution in [0.25, 0.3) is 11.0 Å². The van der Waals surface area contributed by atoms with Gasteiger partial charge in [0.25, 0.3) is 0 Å². The van der Waals surface area contributed by atoms with E-state index in [0.717, 1.165) is 35.3 Å². The number of carbonyl (C=O) groups is 1. The Bertz CT molecular complexity index is 1300. The molecule has 0 aliphatic rings. The van der Waals surface area contributed by atoms with Gasteiger partial charge in [-0.1, -0.05) is 63.2 Å². The Labute approximate surface area is 201 Å². The van der Waals surface area contributed by atoms with E-state index in [4.69, 9.17) is 9.72 Å². The van der Waals surface area contributed by atoms with E-state index in [1.165, 1.54) is 16.7 Å². The second-order valence-corrected chi connectivity index (χ2v) is 9.65. The zero-order chi connectivity index (χ0) is 24.3. The number of hydrogen-bond acceptors (Lipinski definition) is 4. The highest BCUT2D eigenvalue weighted by atomic mass is 16.5. The molecule has 0 spiro atoms. The minimum absolute atomic E-state index is 0.106. The normalized spacial score (nSPS) is 11.6. The summed E-state index contributed by atoms with van der Waals surface area (Å²) in [6.07, 6.45) is 3.90. The van der Waals surface area contributed by atoms with Crippen molar-refractivity contribution in [3.63, 3.8) is 0 Å². The summed E-state index contributed by atoms with van der Waals surface area (Å²) < 4.78 is 7.54. The van der Waals surface area contributed by atoms with Gasteiger partial charge in [-0.05, 0) is 48.6 Å². The second kappa shape index (κ2) is 9.67. The van der Waals surface area contributed by atoms with Crippen LogP contribution < -0.4 is 10.1 Å². The number of nitrogens with one attached hydrogen (secondary N) is 1. The fourth-order valence-corrected chi connectivity index (χ4v) is 4.00. The lowest BCUT2D eigenvalue weighted by Crippen LogP contribution is -2.28. The minimum atomic E-state index is -0.528. The van der Waals surface area contributed by atoms with Crippen LogP contribution in [0.4, 0.5) is 5.95 Å². The Kier molecular flexibility index (Phi) is 6.68. The molecular weight excluding hydrogens is 424 g/mol. The number of amides is 1. The van der Waals surface area contributed by atoms with Crippen molar-refractivity contribution in [2.45, 2.75) is 47.1 Å². The predicted octanol–water partition coefficient (Wildman–Crippen LogP) is 5.57. The third-order valence-corrected chi connectivity index (χ3v) is 5.90. The molecule has 0 saturated heterocycles. The summed E-state index contributed by atoms with van der Waals surface area (Å²) in [5, 5.41) is 3.95. The van der Waals surface area contributed by atoms with E-state index in [2.05, 4.69) is 45.3 Å². The van der Waals surface area contributed by atoms with E-state index in [-0.39, 0.29) is 5.91 Å². The summed E-state index contributed by atoms with van der Waals surface area (Å²) >= 11 is 0. The van der Waals surface area contributed by atoms with Gasteiger partial charge in [0.1, 0.15) is 11.4 Å². The van der Waals surface area contributed by atoms with Gasteiger partial charge in [-0.2, -0.15) is 4.98 Å². The van der Waals surface area contributed by atoms with Crippen molar-refractivity contribution < 1.29 is 9.53 Å². The Morgan fingerprint density at radius 3 is 2.44 bits per heavy atom. The van der Waals surface area contributed by atoms with Crippen molar-refractivity contribution in [3.05, 3.63) is 83.2 Å². The van der Waals surface area contributed by atoms with Gasteiger partial charge < -0.3 is 9.30 Å². The standard InChI is InChI=1S/C28H32N4O2/c1-19-24-22(15-14-20-12-9-13-23(16-20)34-5)18-32(17-21-10-7-6-8-11-21)25(24)30-27(29-19)31-26(33)28(2,3)4/h6-13,16,18H,14-15,17H2,1-5H3,(H,29,30,31,33). The zero-order valence-electron chi connectivity index (χ0n) is 20.6. The molecule has 0 aliphatic heterocycles. The summed E-state index contributed by atoms with van der Waals surface area (Å²) in [4.78, 5) is 22.0. The Morgan fingerprint density at radius 2 is 1.74 bits per heavy atom. The van der Waals surface area contributed by atoms with E-state index in [0.29, 0.717) is 12.5 Å². The molecule has 0 saturated carbocycles. The van der Waals surface area contributed by atoms with Gasteiger partial charge in [0.15, 0.2) is 0 Å². The van der Waals surface area contributed by atoms with Crippen LogP contribution >= 0.6 is 0 Å². The molecule has 2 aromatic heterocycles. The molecule has 1 N–H and O–H groups in total. The average molecular weight is 457 g/mol. The SMILES string of the molecule is COc1cccc(CCc2cn(Cc3ccccc3)c3nc(NC(=O)C(C)(C)C)nc(C)c23)c1. The Morgan fingerprint density at radius 1 is 1.00 bits per heavy atom. The number of benzene rings is 2. The van der Waals surface area contributed by atoms with Crippen LogP contribution in [0.15, 0.2) is 60.8 Å². The maximum atomic E-state index is 12.6. The summed E-state index contributed by atoms with van der Waals surface area (Å²) in [6, 6.07) is 18.5. The number of rotatable bonds is 7. The number of aromatic nitrogens is 3. The summed E-state index contributed by atoms with van der Waals surface area (Å²) in [5.74, 6) is 1.10. The van der Waals surface area contributed by atoms with Crippen molar-refractivity contribution >= 4 is 22.9 Å². The van der Waals surface area contributed by atoms with Gasteiger partial charge in [-0.25, -0.2) is 4.98 Å². The molecule has 0 atom stereocenters. The fraction of sp³-hybridized carbons (Fsp3) is 0.321. The van der Waals surface area contributed by atoms with E-state index in [1.807, 2.05) is 58.0 Å². The summed E-state index contributed by atoms with van der Waals surface area (Å²) in [6.45, 7) is 8.31. The van der Waals surface area contributed by atoms with Crippen molar-refractivity contribution in [2.75, 3.05) is 12.4 Å². The molecule has 1 amide bonds. The maximum Gasteiger partial charge on any atom is 0.232 e. The molecule has 6 heteroatoms. The minimum Gasteiger partial charge on any atom is -0.497 e. The zero-order valence-corrected chi connectivity index (χ0v) is 20.6. The van der Waals surface area contributed by atoms with Crippen molar-refractivity contribution in [1.82, 2.24) is 14.5 Å². The van der Waals surface area contributed by atoms with Gasteiger partial charge >= 0.3 is 0 Å². The smallest absolute Gasteiger partial charge is 0.232 e. The third-order valence-electron chi connectivity index (χ3n) is 5.90. The number of aryl methyl sites for hydroxylation is 3. The van der Waals surface area contributed by atoms with Crippen LogP contribution in [-0.2, 0) is 24.2 Å². The number of carbonyl (C=O) groups excluding carboxylic acids is 1. The molecule has 0 unspecified atom stereocenters. The number of nitrogens with zero attached hydrogens (tertiary/aromatic N) is 3. The van der Waals surface area contributed by atoms with Gasteiger partial charge in [0.05, 0.1) is 12.8 Å². The summed E-state index contributed by atoms with van der Waals surface area (Å²) in [7, 11) is 1.69. The van der Waals surface area contributed by atoms with Crippen LogP contribution in [0.2, 0.25) is 0 Å². The van der Waals surface area contributed by atoms with Crippen LogP contribution in [-0.4, -0.2) is 27.6 Å². The van der Waals surface area contributed by atoms with Crippen LogP contribution in [0.3, 0.4) is 0 Å². The lowest BCUT2D eigenvalue weighted by Gasteiger charge is -2.17. The third kappa shape index (κ3) is 5.28. The molecule has 2 heterocycles. The molecule has 2 aromatic carbocycles. The molecule has 0 fully saturated rings. The summed E-state index contributed by atoms with van der Waals surface area (Å²) in [5.41, 5.74) is 4.77. The van der Waals surface area contributed by atoms with Crippen LogP contribution in [0.1, 0.15) is 43.2 Å². The topological polar surface area (TPSA) is 69.0 Å². The molecule has 6 nitrogen and oxygen atoms in total. The number of fused-ring (bicyclic) bond motifs is 1. The van der Waals surface area contributed by atoms with Crippen LogP contribution in [0, 0.1) is 12.3 Å². The lowest BCUT2D eigenvalue weighted by atomic mass is 9.96. The van der Waals surface area contributed by atoms with Crippen molar-refractivity contribution in [2.24, 2.45) is 5.41 Å². The van der Waals surface area contributed by atoms with Gasteiger partial charge in [0, 0.05) is 23.5 Å². The lowest BCUT2D eigenvalue weighted by molar-refractivity contribution is -0.123. The molecule has 0 bridgehead atoms. The number of ether oxygens (including phenoxy) is 1. The molecule has 0 radical (unpaired) electrons. The highest BCUT2D eigenvalue weighted by Gasteiger charge is 2.23. The van der Waals surface area contributed by atoms with Gasteiger partial charge in [-0.3, -0.25) is 10.1 Å². The van der Waals surface area contributed by atoms with Crippen molar-refractivity contribution in [3.8, 4) is 5.75 Å². The average Bonchev–Trinajstić information content (AvgIpc) is 3.15. The van der Waals surface area contributed by atoms with Gasteiger partial charge in [-0.15, -0.1) is 0 Å². The first-order valence-corrected chi connectivity index (χ1v) is 11.6. The first kappa shape index (κ1) is 23.5. The molecule has 4 rings (SSSR count). The number of anilines is 1.